The molecule has 0 aromatic heterocycles. The Morgan fingerprint density at radius 3 is 1.12 bits per heavy atom. The average Bonchev–Trinajstić information content (AvgIpc) is 3.57. The SMILES string of the molecule is CC/C=C\C/C=C\C/C=C\C/C=C\C/C=C\CCCCCCCCCCCCCCCCCCCC(=O)NC(COC1OC(CO)C(O)C(O)C1O)C(O)/C=C/CCCCCCCCCCCCCCCCCCCCCCCCCC. The summed E-state index contributed by atoms with van der Waals surface area (Å²) in [5, 5.41) is 54.8. The zero-order valence-corrected chi connectivity index (χ0v) is 53.5. The van der Waals surface area contributed by atoms with Crippen molar-refractivity contribution in [3.8, 4) is 0 Å². The monoisotopic (exact) mass is 1150 g/mol. The number of carbonyl (C=O) groups is 1. The van der Waals surface area contributed by atoms with Crippen LogP contribution in [0.5, 0.6) is 0 Å². The minimum absolute atomic E-state index is 0.173. The molecule has 1 heterocycles. The van der Waals surface area contributed by atoms with Gasteiger partial charge in [0.1, 0.15) is 24.4 Å². The molecule has 0 aliphatic carbocycles. The number of nitrogens with one attached hydrogen (secondary N) is 1. The molecule has 0 aromatic carbocycles. The highest BCUT2D eigenvalue weighted by Gasteiger charge is 2.44. The Morgan fingerprint density at radius 2 is 0.756 bits per heavy atom. The molecule has 0 aromatic rings. The van der Waals surface area contributed by atoms with Gasteiger partial charge in [0.25, 0.3) is 0 Å². The second-order valence-electron chi connectivity index (χ2n) is 24.3. The van der Waals surface area contributed by atoms with E-state index >= 15 is 0 Å². The largest absolute Gasteiger partial charge is 0.394 e. The van der Waals surface area contributed by atoms with Gasteiger partial charge in [0.2, 0.25) is 5.91 Å². The lowest BCUT2D eigenvalue weighted by atomic mass is 9.99. The third kappa shape index (κ3) is 49.8. The van der Waals surface area contributed by atoms with Crippen LogP contribution in [0.15, 0.2) is 72.9 Å². The molecule has 7 atom stereocenters. The van der Waals surface area contributed by atoms with E-state index in [0.717, 1.165) is 70.6 Å². The number of ether oxygens (including phenoxy) is 2. The van der Waals surface area contributed by atoms with Crippen LogP contribution >= 0.6 is 0 Å². The fourth-order valence-electron chi connectivity index (χ4n) is 11.1. The lowest BCUT2D eigenvalue weighted by Gasteiger charge is -2.40. The normalized spacial score (nSPS) is 18.7. The average molecular weight is 1150 g/mol. The first kappa shape index (κ1) is 77.6. The number of allylic oxidation sites excluding steroid dienone is 11. The Balaban J connectivity index is 2.13. The third-order valence-electron chi connectivity index (χ3n) is 16.5. The van der Waals surface area contributed by atoms with E-state index in [4.69, 9.17) is 9.47 Å². The topological polar surface area (TPSA) is 149 Å². The van der Waals surface area contributed by atoms with Gasteiger partial charge in [0, 0.05) is 6.42 Å². The molecule has 82 heavy (non-hydrogen) atoms. The van der Waals surface area contributed by atoms with Crippen LogP contribution in [0.2, 0.25) is 0 Å². The number of aliphatic hydroxyl groups is 5. The van der Waals surface area contributed by atoms with Crippen molar-refractivity contribution in [3.63, 3.8) is 0 Å². The third-order valence-corrected chi connectivity index (χ3v) is 16.5. The lowest BCUT2D eigenvalue weighted by Crippen LogP contribution is -2.60. The molecule has 1 aliphatic rings. The Bertz CT molecular complexity index is 1520. The van der Waals surface area contributed by atoms with Crippen LogP contribution < -0.4 is 5.32 Å². The Kier molecular flexibility index (Phi) is 58.4. The first-order chi connectivity index (χ1) is 40.3. The summed E-state index contributed by atoms with van der Waals surface area (Å²) in [4.78, 5) is 13.1. The first-order valence-corrected chi connectivity index (χ1v) is 35.2. The van der Waals surface area contributed by atoms with Gasteiger partial charge >= 0.3 is 0 Å². The van der Waals surface area contributed by atoms with Gasteiger partial charge in [0.05, 0.1) is 25.4 Å². The lowest BCUT2D eigenvalue weighted by molar-refractivity contribution is -0.302. The van der Waals surface area contributed by atoms with Crippen LogP contribution in [0.3, 0.4) is 0 Å². The molecule has 1 aliphatic heterocycles. The number of amides is 1. The predicted molar refractivity (Wildman–Crippen MR) is 350 cm³/mol. The van der Waals surface area contributed by atoms with Crippen LogP contribution in [0.1, 0.15) is 328 Å². The Morgan fingerprint density at radius 1 is 0.427 bits per heavy atom. The summed E-state index contributed by atoms with van der Waals surface area (Å²) >= 11 is 0. The molecule has 9 nitrogen and oxygen atoms in total. The van der Waals surface area contributed by atoms with Gasteiger partial charge in [-0.15, -0.1) is 0 Å². The molecule has 0 spiro atoms. The van der Waals surface area contributed by atoms with Gasteiger partial charge in [0.15, 0.2) is 6.29 Å². The van der Waals surface area contributed by atoms with Crippen LogP contribution in [-0.2, 0) is 14.3 Å². The van der Waals surface area contributed by atoms with Crippen molar-refractivity contribution in [1.82, 2.24) is 5.32 Å². The van der Waals surface area contributed by atoms with E-state index in [1.54, 1.807) is 6.08 Å². The molecule has 9 heteroatoms. The molecule has 0 saturated carbocycles. The molecule has 478 valence electrons. The number of carbonyl (C=O) groups excluding carboxylic acids is 1. The highest BCUT2D eigenvalue weighted by atomic mass is 16.7. The van der Waals surface area contributed by atoms with Gasteiger partial charge < -0.3 is 40.3 Å². The van der Waals surface area contributed by atoms with E-state index in [0.29, 0.717) is 6.42 Å². The molecule has 6 N–H and O–H groups in total. The van der Waals surface area contributed by atoms with Crippen molar-refractivity contribution in [2.24, 2.45) is 0 Å². The smallest absolute Gasteiger partial charge is 0.220 e. The minimum atomic E-state index is -1.57. The van der Waals surface area contributed by atoms with Gasteiger partial charge in [-0.25, -0.2) is 0 Å². The Labute approximate surface area is 506 Å². The van der Waals surface area contributed by atoms with Crippen LogP contribution in [-0.4, -0.2) is 87.5 Å². The van der Waals surface area contributed by atoms with Crippen LogP contribution in [0, 0.1) is 0 Å². The summed E-state index contributed by atoms with van der Waals surface area (Å²) in [6.45, 7) is 3.71. The maximum Gasteiger partial charge on any atom is 0.220 e. The van der Waals surface area contributed by atoms with E-state index in [2.05, 4.69) is 79.9 Å². The summed E-state index contributed by atoms with van der Waals surface area (Å²) in [6.07, 6.45) is 80.0. The zero-order valence-electron chi connectivity index (χ0n) is 53.5. The summed E-state index contributed by atoms with van der Waals surface area (Å²) in [5.41, 5.74) is 0. The molecule has 0 radical (unpaired) electrons. The maximum atomic E-state index is 13.1. The van der Waals surface area contributed by atoms with Crippen molar-refractivity contribution in [3.05, 3.63) is 72.9 Å². The van der Waals surface area contributed by atoms with E-state index in [1.165, 1.54) is 238 Å². The van der Waals surface area contributed by atoms with Gasteiger partial charge in [-0.05, 0) is 64.2 Å². The summed E-state index contributed by atoms with van der Waals surface area (Å²) in [6, 6.07) is -0.808. The van der Waals surface area contributed by atoms with Crippen molar-refractivity contribution in [1.29, 1.82) is 0 Å². The zero-order chi connectivity index (χ0) is 59.3. The van der Waals surface area contributed by atoms with E-state index in [1.807, 2.05) is 6.08 Å². The fourth-order valence-corrected chi connectivity index (χ4v) is 11.1. The molecular formula is C73H133NO8. The van der Waals surface area contributed by atoms with Crippen molar-refractivity contribution < 1.29 is 39.8 Å². The summed E-state index contributed by atoms with van der Waals surface area (Å²) in [5.74, 6) is -0.173. The van der Waals surface area contributed by atoms with E-state index in [9.17, 15) is 30.3 Å². The van der Waals surface area contributed by atoms with E-state index < -0.39 is 49.5 Å². The number of rotatable bonds is 61. The van der Waals surface area contributed by atoms with Gasteiger partial charge in [-0.3, -0.25) is 4.79 Å². The standard InChI is InChI=1S/C73H133NO8/c1-3-5-7-9-11-13-15-17-19-21-23-25-27-29-31-32-33-34-35-36-37-39-41-43-45-47-49-51-53-55-57-59-61-63-69(77)74-66(65-81-73-72(80)71(79)70(78)68(64-75)82-73)67(76)62-60-58-56-54-52-50-48-46-44-42-40-38-30-28-26-24-22-20-18-16-14-12-10-8-6-4-2/h5,7,11,13,17,19,23,25,29,31,60,62,66-68,70-73,75-76,78-80H,3-4,6,8-10,12,14-16,18,20-22,24,26-28,30,32-59,61,63-65H2,1-2H3,(H,74,77)/b7-5-,13-11-,19-17-,25-23-,31-29-,62-60+. The van der Waals surface area contributed by atoms with Crippen LogP contribution in [0.25, 0.3) is 0 Å². The molecular weight excluding hydrogens is 1020 g/mol. The molecule has 7 unspecified atom stereocenters. The molecule has 1 rings (SSSR count). The molecule has 1 fully saturated rings. The fraction of sp³-hybridized carbons (Fsp3) is 0.822. The van der Waals surface area contributed by atoms with Crippen molar-refractivity contribution in [2.75, 3.05) is 13.2 Å². The highest BCUT2D eigenvalue weighted by molar-refractivity contribution is 5.76. The number of hydrogen-bond donors (Lipinski definition) is 6. The number of hydrogen-bond acceptors (Lipinski definition) is 8. The predicted octanol–water partition coefficient (Wildman–Crippen LogP) is 19.1. The first-order valence-electron chi connectivity index (χ1n) is 35.2. The number of aliphatic hydroxyl groups excluding tert-OH is 5. The van der Waals surface area contributed by atoms with Gasteiger partial charge in [-0.2, -0.15) is 0 Å². The molecule has 1 amide bonds. The second-order valence-corrected chi connectivity index (χ2v) is 24.3. The second kappa shape index (κ2) is 61.7. The summed E-state index contributed by atoms with van der Waals surface area (Å²) in [7, 11) is 0. The van der Waals surface area contributed by atoms with E-state index in [-0.39, 0.29) is 12.5 Å². The highest BCUT2D eigenvalue weighted by Crippen LogP contribution is 2.23. The summed E-state index contributed by atoms with van der Waals surface area (Å²) < 4.78 is 11.3. The Hall–Kier alpha value is -2.37. The minimum Gasteiger partial charge on any atom is -0.394 e. The number of unbranched alkanes of at least 4 members (excludes halogenated alkanes) is 41. The quantitative estimate of drug-likeness (QED) is 0.0261. The van der Waals surface area contributed by atoms with Gasteiger partial charge in [-0.1, -0.05) is 331 Å². The van der Waals surface area contributed by atoms with Crippen molar-refractivity contribution in [2.45, 2.75) is 371 Å². The molecule has 1 saturated heterocycles. The molecule has 0 bridgehead atoms. The van der Waals surface area contributed by atoms with Crippen LogP contribution in [0.4, 0.5) is 0 Å². The van der Waals surface area contributed by atoms with Crippen molar-refractivity contribution >= 4 is 5.91 Å². The maximum absolute atomic E-state index is 13.1.